The molecule has 0 atom stereocenters. The van der Waals surface area contributed by atoms with Crippen molar-refractivity contribution in [1.82, 2.24) is 0 Å². The van der Waals surface area contributed by atoms with Crippen LogP contribution in [0.3, 0.4) is 0 Å². The van der Waals surface area contributed by atoms with E-state index in [1.807, 2.05) is 0 Å². The second-order valence-electron chi connectivity index (χ2n) is 3.52. The van der Waals surface area contributed by atoms with Crippen molar-refractivity contribution in [2.75, 3.05) is 0 Å². The van der Waals surface area contributed by atoms with Gasteiger partial charge in [-0.1, -0.05) is 0 Å². The molecule has 0 aromatic heterocycles. The van der Waals surface area contributed by atoms with Crippen LogP contribution in [0.4, 0.5) is 0 Å². The number of hydrogen-bond acceptors (Lipinski definition) is 0. The Labute approximate surface area is 117 Å². The predicted molar refractivity (Wildman–Crippen MR) is 63.4 cm³/mol. The monoisotopic (exact) mass is 383 g/mol. The molecular weight excluding hydrogens is 371 g/mol. The van der Waals surface area contributed by atoms with Gasteiger partial charge in [-0.15, -0.1) is 34.0 Å². The van der Waals surface area contributed by atoms with Gasteiger partial charge in [0.05, 0.1) is 0 Å². The first kappa shape index (κ1) is 14.3. The van der Waals surface area contributed by atoms with E-state index >= 15 is 0 Å². The van der Waals surface area contributed by atoms with E-state index in [0.717, 1.165) is 5.92 Å². The van der Waals surface area contributed by atoms with Crippen molar-refractivity contribution in [2.45, 2.75) is 32.1 Å². The number of rotatable bonds is 1. The summed E-state index contributed by atoms with van der Waals surface area (Å²) in [5, 5.41) is 0. The van der Waals surface area contributed by atoms with E-state index in [2.05, 4.69) is 12.2 Å². The second kappa shape index (κ2) is 6.74. The van der Waals surface area contributed by atoms with Gasteiger partial charge in [0, 0.05) is 0 Å². The zero-order valence-electron chi connectivity index (χ0n) is 7.58. The molecular formula is C10H15Br2Zr. The van der Waals surface area contributed by atoms with Crippen molar-refractivity contribution >= 4 is 34.0 Å². The molecule has 0 N–H and O–H groups in total. The summed E-state index contributed by atoms with van der Waals surface area (Å²) in [4.78, 5) is 0. The average Bonchev–Trinajstić information content (AvgIpc) is 2.55. The maximum atomic E-state index is 2.38. The summed E-state index contributed by atoms with van der Waals surface area (Å²) >= 11 is 1.64. The quantitative estimate of drug-likeness (QED) is 0.637. The molecule has 0 nitrogen and oxygen atoms in total. The van der Waals surface area contributed by atoms with Crippen LogP contribution in [0.5, 0.6) is 0 Å². The van der Waals surface area contributed by atoms with Crippen LogP contribution in [-0.4, -0.2) is 0 Å². The Hall–Kier alpha value is 1.32. The van der Waals surface area contributed by atoms with Crippen molar-refractivity contribution in [3.63, 3.8) is 0 Å². The SMILES string of the molecule is Br.Br.[Zr][C]1=C(C2CCCC2)C=CC1. The summed E-state index contributed by atoms with van der Waals surface area (Å²) in [5.41, 5.74) is 1.71. The molecule has 2 aliphatic carbocycles. The normalized spacial score (nSPS) is 21.5. The van der Waals surface area contributed by atoms with E-state index in [1.54, 1.807) is 33.6 Å². The molecule has 0 aromatic carbocycles. The Bertz CT molecular complexity index is 215. The molecule has 1 saturated carbocycles. The Kier molecular flexibility index (Phi) is 7.43. The number of hydrogen-bond donors (Lipinski definition) is 0. The first-order valence-electron chi connectivity index (χ1n) is 4.49. The molecule has 0 heterocycles. The van der Waals surface area contributed by atoms with Crippen molar-refractivity contribution in [1.29, 1.82) is 0 Å². The third-order valence-electron chi connectivity index (χ3n) is 2.76. The molecule has 13 heavy (non-hydrogen) atoms. The fraction of sp³-hybridized carbons (Fsp3) is 0.600. The molecule has 0 radical (unpaired) electrons. The fourth-order valence-electron chi connectivity index (χ4n) is 2.14. The third kappa shape index (κ3) is 3.43. The summed E-state index contributed by atoms with van der Waals surface area (Å²) in [6.45, 7) is 0. The molecule has 3 heteroatoms. The number of halogens is 2. The van der Waals surface area contributed by atoms with Gasteiger partial charge in [-0.25, -0.2) is 0 Å². The third-order valence-corrected chi connectivity index (χ3v) is 3.97. The summed E-state index contributed by atoms with van der Waals surface area (Å²) in [6.07, 6.45) is 11.8. The molecule has 0 bridgehead atoms. The van der Waals surface area contributed by atoms with Crippen molar-refractivity contribution in [3.8, 4) is 0 Å². The fourth-order valence-corrected chi connectivity index (χ4v) is 3.14. The number of allylic oxidation sites excluding steroid dienone is 4. The second-order valence-corrected chi connectivity index (χ2v) is 5.01. The van der Waals surface area contributed by atoms with Crippen LogP contribution in [0.1, 0.15) is 32.1 Å². The maximum absolute atomic E-state index is 2.38. The van der Waals surface area contributed by atoms with E-state index in [-0.39, 0.29) is 34.0 Å². The van der Waals surface area contributed by atoms with Crippen LogP contribution < -0.4 is 0 Å². The standard InChI is InChI=1S/C10H13.2BrH.Zr/c1-2-6-9(5-1)10-7-3-4-8-10;;;/h1,5,10H,2-4,7-8H2;2*1H;. The molecule has 0 aromatic rings. The summed E-state index contributed by atoms with van der Waals surface area (Å²) in [5.74, 6) is 0.947. The van der Waals surface area contributed by atoms with Gasteiger partial charge in [-0.2, -0.15) is 0 Å². The minimum absolute atomic E-state index is 0. The summed E-state index contributed by atoms with van der Waals surface area (Å²) in [7, 11) is 0. The molecule has 2 rings (SSSR count). The van der Waals surface area contributed by atoms with E-state index in [1.165, 1.54) is 32.1 Å². The average molecular weight is 386 g/mol. The van der Waals surface area contributed by atoms with E-state index in [4.69, 9.17) is 0 Å². The van der Waals surface area contributed by atoms with Crippen molar-refractivity contribution in [2.24, 2.45) is 5.92 Å². The Morgan fingerprint density at radius 2 is 1.77 bits per heavy atom. The Morgan fingerprint density at radius 1 is 1.15 bits per heavy atom. The van der Waals surface area contributed by atoms with Gasteiger partial charge >= 0.3 is 83.7 Å². The van der Waals surface area contributed by atoms with E-state index in [0.29, 0.717) is 0 Å². The minimum atomic E-state index is 0. The summed E-state index contributed by atoms with van der Waals surface area (Å²) in [6, 6.07) is 0. The van der Waals surface area contributed by atoms with Gasteiger partial charge in [0.2, 0.25) is 0 Å². The predicted octanol–water partition coefficient (Wildman–Crippen LogP) is 4.09. The molecule has 0 aliphatic heterocycles. The van der Waals surface area contributed by atoms with Gasteiger partial charge in [0.25, 0.3) is 0 Å². The Balaban J connectivity index is 0.000000720. The molecule has 0 saturated heterocycles. The van der Waals surface area contributed by atoms with Gasteiger partial charge in [-0.3, -0.25) is 0 Å². The van der Waals surface area contributed by atoms with Crippen LogP contribution in [0, 0.1) is 5.92 Å². The van der Waals surface area contributed by atoms with Gasteiger partial charge in [-0.05, 0) is 0 Å². The van der Waals surface area contributed by atoms with Crippen LogP contribution >= 0.6 is 34.0 Å². The Morgan fingerprint density at radius 3 is 2.23 bits per heavy atom. The van der Waals surface area contributed by atoms with E-state index < -0.39 is 0 Å². The van der Waals surface area contributed by atoms with Crippen molar-refractivity contribution in [3.05, 3.63) is 21.0 Å². The zero-order chi connectivity index (χ0) is 7.68. The van der Waals surface area contributed by atoms with Crippen LogP contribution in [0.15, 0.2) is 21.0 Å². The van der Waals surface area contributed by atoms with Crippen LogP contribution in [-0.2, 0) is 24.7 Å². The van der Waals surface area contributed by atoms with Gasteiger partial charge < -0.3 is 0 Å². The topological polar surface area (TPSA) is 0 Å². The van der Waals surface area contributed by atoms with Crippen LogP contribution in [0.2, 0.25) is 0 Å². The molecule has 0 unspecified atom stereocenters. The first-order valence-corrected chi connectivity index (χ1v) is 5.72. The van der Waals surface area contributed by atoms with E-state index in [9.17, 15) is 0 Å². The molecule has 0 amide bonds. The molecule has 0 spiro atoms. The molecule has 2 aliphatic rings. The zero-order valence-corrected chi connectivity index (χ0v) is 13.5. The molecule has 73 valence electrons. The first-order chi connectivity index (χ1) is 5.38. The molecule has 1 fully saturated rings. The summed E-state index contributed by atoms with van der Waals surface area (Å²) < 4.78 is 1.71. The van der Waals surface area contributed by atoms with Gasteiger partial charge in [0.1, 0.15) is 0 Å². The van der Waals surface area contributed by atoms with Crippen molar-refractivity contribution < 1.29 is 24.7 Å². The van der Waals surface area contributed by atoms with Crippen LogP contribution in [0.25, 0.3) is 0 Å². The van der Waals surface area contributed by atoms with Gasteiger partial charge in [0.15, 0.2) is 0 Å².